The van der Waals surface area contributed by atoms with E-state index in [-0.39, 0.29) is 5.78 Å². The number of hydrogen-bond acceptors (Lipinski definition) is 4. The van der Waals surface area contributed by atoms with Gasteiger partial charge in [0.25, 0.3) is 0 Å². The van der Waals surface area contributed by atoms with E-state index in [1.807, 2.05) is 23.7 Å². The van der Waals surface area contributed by atoms with Crippen molar-refractivity contribution in [3.63, 3.8) is 0 Å². The third-order valence-electron chi connectivity index (χ3n) is 3.34. The molecule has 0 saturated carbocycles. The first-order chi connectivity index (χ1) is 11.2. The number of hydrogen-bond donors (Lipinski definition) is 0. The summed E-state index contributed by atoms with van der Waals surface area (Å²) in [6.45, 7) is 4.32. The van der Waals surface area contributed by atoms with Crippen LogP contribution in [0.2, 0.25) is 0 Å². The van der Waals surface area contributed by atoms with Crippen molar-refractivity contribution in [3.8, 4) is 0 Å². The first-order valence-corrected chi connectivity index (χ1v) is 8.57. The summed E-state index contributed by atoms with van der Waals surface area (Å²) in [5.74, 6) is 0.748. The maximum atomic E-state index is 11.8. The second kappa shape index (κ2) is 9.00. The smallest absolute Gasteiger partial charge is 0.178 e. The summed E-state index contributed by atoms with van der Waals surface area (Å²) >= 11 is 1.56. The SMILES string of the molecule is CCCC(C)n1ccnc1/C=C/C(=O)/C=C/C=C/c1nccs1. The Labute approximate surface area is 140 Å². The monoisotopic (exact) mass is 327 g/mol. The lowest BCUT2D eigenvalue weighted by molar-refractivity contribution is -0.110. The van der Waals surface area contributed by atoms with Gasteiger partial charge in [-0.1, -0.05) is 25.5 Å². The Morgan fingerprint density at radius 1 is 1.26 bits per heavy atom. The third kappa shape index (κ3) is 5.45. The molecule has 2 heterocycles. The molecule has 2 aromatic rings. The predicted octanol–water partition coefficient (Wildman–Crippen LogP) is 4.55. The fourth-order valence-corrected chi connectivity index (χ4v) is 2.74. The molecule has 0 aliphatic rings. The molecular weight excluding hydrogens is 306 g/mol. The first kappa shape index (κ1) is 17.1. The molecule has 2 rings (SSSR count). The van der Waals surface area contributed by atoms with Crippen molar-refractivity contribution in [2.45, 2.75) is 32.7 Å². The number of imidazole rings is 1. The molecule has 5 heteroatoms. The zero-order valence-electron chi connectivity index (χ0n) is 13.4. The van der Waals surface area contributed by atoms with Crippen LogP contribution in [0.1, 0.15) is 43.6 Å². The highest BCUT2D eigenvalue weighted by Gasteiger charge is 2.06. The molecule has 0 saturated heterocycles. The highest BCUT2D eigenvalue weighted by Crippen LogP contribution is 2.15. The van der Waals surface area contributed by atoms with Gasteiger partial charge in [-0.15, -0.1) is 11.3 Å². The van der Waals surface area contributed by atoms with Gasteiger partial charge in [0.2, 0.25) is 0 Å². The predicted molar refractivity (Wildman–Crippen MR) is 96.2 cm³/mol. The van der Waals surface area contributed by atoms with Crippen LogP contribution in [0, 0.1) is 0 Å². The Bertz CT molecular complexity index is 696. The van der Waals surface area contributed by atoms with E-state index < -0.39 is 0 Å². The van der Waals surface area contributed by atoms with Crippen LogP contribution < -0.4 is 0 Å². The topological polar surface area (TPSA) is 47.8 Å². The number of allylic oxidation sites excluding steroid dienone is 4. The zero-order chi connectivity index (χ0) is 16.5. The van der Waals surface area contributed by atoms with Gasteiger partial charge in [0.05, 0.1) is 0 Å². The van der Waals surface area contributed by atoms with Crippen molar-refractivity contribution in [3.05, 3.63) is 59.1 Å². The van der Waals surface area contributed by atoms with Gasteiger partial charge in [0.15, 0.2) is 5.78 Å². The molecule has 120 valence electrons. The van der Waals surface area contributed by atoms with Crippen molar-refractivity contribution in [1.82, 2.24) is 14.5 Å². The van der Waals surface area contributed by atoms with Gasteiger partial charge in [-0.2, -0.15) is 0 Å². The molecule has 1 unspecified atom stereocenters. The Balaban J connectivity index is 1.92. The van der Waals surface area contributed by atoms with E-state index in [4.69, 9.17) is 0 Å². The van der Waals surface area contributed by atoms with Gasteiger partial charge in [-0.05, 0) is 37.6 Å². The molecule has 0 aliphatic heterocycles. The number of thiazole rings is 1. The molecule has 0 fully saturated rings. The number of ketones is 1. The van der Waals surface area contributed by atoms with Crippen molar-refractivity contribution in [2.24, 2.45) is 0 Å². The van der Waals surface area contributed by atoms with Crippen LogP contribution in [0.4, 0.5) is 0 Å². The lowest BCUT2D eigenvalue weighted by Crippen LogP contribution is -2.05. The largest absolute Gasteiger partial charge is 0.329 e. The van der Waals surface area contributed by atoms with E-state index in [0.717, 1.165) is 23.7 Å². The summed E-state index contributed by atoms with van der Waals surface area (Å²) in [5.41, 5.74) is 0. The van der Waals surface area contributed by atoms with Crippen LogP contribution in [-0.4, -0.2) is 20.3 Å². The Morgan fingerprint density at radius 3 is 2.87 bits per heavy atom. The quantitative estimate of drug-likeness (QED) is 0.528. The minimum Gasteiger partial charge on any atom is -0.329 e. The first-order valence-electron chi connectivity index (χ1n) is 7.69. The van der Waals surface area contributed by atoms with Gasteiger partial charge in [0, 0.05) is 30.0 Å². The van der Waals surface area contributed by atoms with Crippen molar-refractivity contribution in [2.75, 3.05) is 0 Å². The minimum absolute atomic E-state index is 0.0634. The number of rotatable bonds is 8. The molecule has 4 nitrogen and oxygen atoms in total. The van der Waals surface area contributed by atoms with Crippen LogP contribution in [0.5, 0.6) is 0 Å². The van der Waals surface area contributed by atoms with Gasteiger partial charge in [-0.25, -0.2) is 9.97 Å². The molecule has 0 N–H and O–H groups in total. The molecule has 0 bridgehead atoms. The van der Waals surface area contributed by atoms with Gasteiger partial charge >= 0.3 is 0 Å². The van der Waals surface area contributed by atoms with Crippen LogP contribution in [-0.2, 0) is 4.79 Å². The number of nitrogens with zero attached hydrogens (tertiary/aromatic N) is 3. The molecule has 0 radical (unpaired) electrons. The maximum Gasteiger partial charge on any atom is 0.178 e. The normalized spacial score (nSPS) is 13.5. The summed E-state index contributed by atoms with van der Waals surface area (Å²) in [5, 5.41) is 2.84. The molecule has 23 heavy (non-hydrogen) atoms. The zero-order valence-corrected chi connectivity index (χ0v) is 14.2. The van der Waals surface area contributed by atoms with Crippen LogP contribution in [0.3, 0.4) is 0 Å². The standard InChI is InChI=1S/C18H21N3OS/c1-3-6-15(2)21-13-11-19-17(21)10-9-16(22)7-4-5-8-18-20-12-14-23-18/h4-5,7-15H,3,6H2,1-2H3/b7-4+,8-5+,10-9+. The maximum absolute atomic E-state index is 11.8. The van der Waals surface area contributed by atoms with Gasteiger partial charge in [-0.3, -0.25) is 4.79 Å². The average Bonchev–Trinajstić information content (AvgIpc) is 3.21. The highest BCUT2D eigenvalue weighted by molar-refractivity contribution is 7.10. The number of carbonyl (C=O) groups excluding carboxylic acids is 1. The molecule has 0 spiro atoms. The minimum atomic E-state index is -0.0634. The van der Waals surface area contributed by atoms with Crippen LogP contribution in [0.15, 0.2) is 48.3 Å². The molecule has 0 amide bonds. The lowest BCUT2D eigenvalue weighted by atomic mass is 10.2. The highest BCUT2D eigenvalue weighted by atomic mass is 32.1. The summed E-state index contributed by atoms with van der Waals surface area (Å²) < 4.78 is 2.10. The second-order valence-corrected chi connectivity index (χ2v) is 6.08. The van der Waals surface area contributed by atoms with E-state index in [1.54, 1.807) is 42.0 Å². The average molecular weight is 327 g/mol. The molecule has 0 aromatic carbocycles. The Kier molecular flexibility index (Phi) is 6.69. The third-order valence-corrected chi connectivity index (χ3v) is 4.08. The summed E-state index contributed by atoms with van der Waals surface area (Å²) in [6.07, 6.45) is 17.9. The summed E-state index contributed by atoms with van der Waals surface area (Å²) in [6, 6.07) is 0.383. The Morgan fingerprint density at radius 2 is 2.13 bits per heavy atom. The molecule has 2 aromatic heterocycles. The molecule has 1 atom stereocenters. The van der Waals surface area contributed by atoms with Crippen molar-refractivity contribution in [1.29, 1.82) is 0 Å². The number of aromatic nitrogens is 3. The second-order valence-electron chi connectivity index (χ2n) is 5.15. The Hall–Kier alpha value is -2.27. The fraction of sp³-hybridized carbons (Fsp3) is 0.278. The van der Waals surface area contributed by atoms with Crippen molar-refractivity contribution < 1.29 is 4.79 Å². The van der Waals surface area contributed by atoms with Gasteiger partial charge < -0.3 is 4.57 Å². The van der Waals surface area contributed by atoms with Crippen LogP contribution >= 0.6 is 11.3 Å². The number of carbonyl (C=O) groups is 1. The van der Waals surface area contributed by atoms with E-state index in [9.17, 15) is 4.79 Å². The lowest BCUT2D eigenvalue weighted by Gasteiger charge is -2.13. The van der Waals surface area contributed by atoms with Crippen LogP contribution in [0.25, 0.3) is 12.2 Å². The van der Waals surface area contributed by atoms with E-state index in [2.05, 4.69) is 28.4 Å². The van der Waals surface area contributed by atoms with E-state index in [1.165, 1.54) is 6.08 Å². The van der Waals surface area contributed by atoms with Crippen molar-refractivity contribution >= 4 is 29.3 Å². The fourth-order valence-electron chi connectivity index (χ4n) is 2.20. The van der Waals surface area contributed by atoms with Gasteiger partial charge in [0.1, 0.15) is 10.8 Å². The van der Waals surface area contributed by atoms with E-state index >= 15 is 0 Å². The summed E-state index contributed by atoms with van der Waals surface area (Å²) in [4.78, 5) is 20.3. The van der Waals surface area contributed by atoms with E-state index in [0.29, 0.717) is 6.04 Å². The summed E-state index contributed by atoms with van der Waals surface area (Å²) in [7, 11) is 0. The molecular formula is C18H21N3OS. The molecule has 0 aliphatic carbocycles.